The zero-order valence-corrected chi connectivity index (χ0v) is 19.3. The van der Waals surface area contributed by atoms with Crippen LogP contribution in [0.5, 0.6) is 0 Å². The molecule has 1 aromatic heterocycles. The molecule has 1 amide bonds. The van der Waals surface area contributed by atoms with Gasteiger partial charge in [-0.2, -0.15) is 10.6 Å². The van der Waals surface area contributed by atoms with E-state index in [9.17, 15) is 13.9 Å². The minimum absolute atomic E-state index is 0.00748. The van der Waals surface area contributed by atoms with E-state index in [-0.39, 0.29) is 36.0 Å². The van der Waals surface area contributed by atoms with Gasteiger partial charge in [-0.25, -0.2) is 9.37 Å². The lowest BCUT2D eigenvalue weighted by Gasteiger charge is -2.56. The third-order valence-corrected chi connectivity index (χ3v) is 9.40. The molecule has 11 heteroatoms. The van der Waals surface area contributed by atoms with Crippen LogP contribution in [0.3, 0.4) is 0 Å². The molecule has 3 heterocycles. The third-order valence-electron chi connectivity index (χ3n) is 6.16. The second-order valence-corrected chi connectivity index (χ2v) is 11.7. The number of aryl methyl sites for hydroxylation is 1. The van der Waals surface area contributed by atoms with E-state index < -0.39 is 37.9 Å². The standard InChI is InChI=1S/C21H24ClFN4O4S/c1-11-6-12(22)8-25-17(11)18(28)26-13-4-5-15(23)14(7-13)21-10-31-9-16(21)32(29,30)20(2,3)19(24)27-21/h4-8,16,29-30H,9-10H2,1-3H3,(H2,24,27)(H,26,28)/t16-,21+/m1/s1. The molecular weight excluding hydrogens is 459 g/mol. The van der Waals surface area contributed by atoms with Gasteiger partial charge in [0, 0.05) is 17.4 Å². The number of hydrogen-bond donors (Lipinski definition) is 4. The smallest absolute Gasteiger partial charge is 0.274 e. The van der Waals surface area contributed by atoms with E-state index >= 15 is 4.39 Å². The van der Waals surface area contributed by atoms with Crippen LogP contribution in [0.15, 0.2) is 35.5 Å². The zero-order valence-electron chi connectivity index (χ0n) is 17.7. The molecule has 1 saturated heterocycles. The van der Waals surface area contributed by atoms with Crippen molar-refractivity contribution in [2.24, 2.45) is 10.7 Å². The molecule has 5 N–H and O–H groups in total. The molecule has 1 aromatic carbocycles. The van der Waals surface area contributed by atoms with E-state index in [2.05, 4.69) is 15.3 Å². The first-order valence-electron chi connectivity index (χ1n) is 9.84. The number of nitrogens with two attached hydrogens (primary N) is 1. The molecule has 0 saturated carbocycles. The van der Waals surface area contributed by atoms with Gasteiger partial charge in [0.15, 0.2) is 0 Å². The van der Waals surface area contributed by atoms with E-state index in [1.165, 1.54) is 24.4 Å². The van der Waals surface area contributed by atoms with Gasteiger partial charge < -0.3 is 15.8 Å². The summed E-state index contributed by atoms with van der Waals surface area (Å²) in [4.78, 5) is 21.3. The molecule has 0 aliphatic carbocycles. The first-order chi connectivity index (χ1) is 14.9. The van der Waals surface area contributed by atoms with Gasteiger partial charge in [0.2, 0.25) is 0 Å². The maximum Gasteiger partial charge on any atom is 0.274 e. The molecule has 0 spiro atoms. The number of amidine groups is 1. The van der Waals surface area contributed by atoms with Crippen molar-refractivity contribution < 1.29 is 23.0 Å². The highest BCUT2D eigenvalue weighted by atomic mass is 35.5. The van der Waals surface area contributed by atoms with Crippen molar-refractivity contribution in [3.8, 4) is 0 Å². The van der Waals surface area contributed by atoms with E-state index in [0.717, 1.165) is 0 Å². The van der Waals surface area contributed by atoms with E-state index in [4.69, 9.17) is 22.1 Å². The van der Waals surface area contributed by atoms with Crippen molar-refractivity contribution in [1.29, 1.82) is 0 Å². The van der Waals surface area contributed by atoms with Gasteiger partial charge in [-0.05, 0) is 50.6 Å². The van der Waals surface area contributed by atoms with Crippen molar-refractivity contribution in [3.05, 3.63) is 58.1 Å². The molecule has 2 atom stereocenters. The summed E-state index contributed by atoms with van der Waals surface area (Å²) >= 11 is 5.90. The Morgan fingerprint density at radius 2 is 2.09 bits per heavy atom. The summed E-state index contributed by atoms with van der Waals surface area (Å²) in [7, 11) is -3.36. The molecule has 1 fully saturated rings. The number of aliphatic imine (C=N–C) groups is 1. The quantitative estimate of drug-likeness (QED) is 0.524. The SMILES string of the molecule is Cc1cc(Cl)cnc1C(=O)Nc1ccc(F)c([C@@]23COC[C@H]2S(O)(O)C(C)(C)C(N)=N3)c1. The highest BCUT2D eigenvalue weighted by Crippen LogP contribution is 2.66. The van der Waals surface area contributed by atoms with Crippen LogP contribution in [0.1, 0.15) is 35.5 Å². The highest BCUT2D eigenvalue weighted by molar-refractivity contribution is 8.26. The van der Waals surface area contributed by atoms with Crippen molar-refractivity contribution in [2.45, 2.75) is 36.3 Å². The van der Waals surface area contributed by atoms with Crippen LogP contribution in [0.4, 0.5) is 10.1 Å². The lowest BCUT2D eigenvalue weighted by Crippen LogP contribution is -2.57. The topological polar surface area (TPSA) is 130 Å². The molecule has 4 rings (SSSR count). The number of pyridine rings is 1. The Labute approximate surface area is 191 Å². The van der Waals surface area contributed by atoms with E-state index in [1.54, 1.807) is 26.8 Å². The Morgan fingerprint density at radius 1 is 1.38 bits per heavy atom. The van der Waals surface area contributed by atoms with Crippen LogP contribution < -0.4 is 11.1 Å². The number of aromatic nitrogens is 1. The average Bonchev–Trinajstić information content (AvgIpc) is 3.14. The predicted octanol–water partition coefficient (Wildman–Crippen LogP) is 3.93. The summed E-state index contributed by atoms with van der Waals surface area (Å²) in [6.45, 7) is 4.81. The number of fused-ring (bicyclic) bond motifs is 1. The lowest BCUT2D eigenvalue weighted by atomic mass is 9.87. The van der Waals surface area contributed by atoms with Gasteiger partial charge in [0.25, 0.3) is 5.91 Å². The van der Waals surface area contributed by atoms with Gasteiger partial charge in [-0.1, -0.05) is 11.6 Å². The van der Waals surface area contributed by atoms with Crippen molar-refractivity contribution in [3.63, 3.8) is 0 Å². The molecule has 2 aliphatic rings. The van der Waals surface area contributed by atoms with Gasteiger partial charge in [-0.15, -0.1) is 0 Å². The molecule has 0 unspecified atom stereocenters. The number of carbonyl (C=O) groups excluding carboxylic acids is 1. The molecule has 8 nitrogen and oxygen atoms in total. The summed E-state index contributed by atoms with van der Waals surface area (Å²) in [5.74, 6) is -1.11. The fourth-order valence-corrected chi connectivity index (χ4v) is 6.45. The molecule has 2 aliphatic heterocycles. The molecule has 32 heavy (non-hydrogen) atoms. The average molecular weight is 483 g/mol. The van der Waals surface area contributed by atoms with Crippen molar-refractivity contribution in [1.82, 2.24) is 4.98 Å². The Bertz CT molecular complexity index is 1140. The monoisotopic (exact) mass is 482 g/mol. The number of amides is 1. The normalized spacial score (nSPS) is 26.7. The Morgan fingerprint density at radius 3 is 2.78 bits per heavy atom. The number of carbonyl (C=O) groups is 1. The molecular formula is C21H24ClFN4O4S. The fraction of sp³-hybridized carbons (Fsp3) is 0.381. The molecule has 0 bridgehead atoms. The fourth-order valence-electron chi connectivity index (χ4n) is 4.10. The molecule has 172 valence electrons. The van der Waals surface area contributed by atoms with Gasteiger partial charge >= 0.3 is 0 Å². The summed E-state index contributed by atoms with van der Waals surface area (Å²) in [5, 5.41) is 2.22. The lowest BCUT2D eigenvalue weighted by molar-refractivity contribution is 0.102. The predicted molar refractivity (Wildman–Crippen MR) is 123 cm³/mol. The third kappa shape index (κ3) is 3.37. The number of nitrogens with one attached hydrogen (secondary N) is 1. The van der Waals surface area contributed by atoms with Gasteiger partial charge in [-0.3, -0.25) is 18.9 Å². The first-order valence-corrected chi connectivity index (χ1v) is 11.8. The minimum Gasteiger partial charge on any atom is -0.386 e. The van der Waals surface area contributed by atoms with Crippen molar-refractivity contribution in [2.75, 3.05) is 18.5 Å². The largest absolute Gasteiger partial charge is 0.386 e. The summed E-state index contributed by atoms with van der Waals surface area (Å²) < 4.78 is 41.6. The number of rotatable bonds is 3. The van der Waals surface area contributed by atoms with Crippen LogP contribution in [0.2, 0.25) is 5.02 Å². The number of halogens is 2. The van der Waals surface area contributed by atoms with Gasteiger partial charge in [0.1, 0.15) is 32.9 Å². The highest BCUT2D eigenvalue weighted by Gasteiger charge is 2.61. The first kappa shape index (κ1) is 22.9. The van der Waals surface area contributed by atoms with Crippen LogP contribution >= 0.6 is 22.2 Å². The Hall–Kier alpha value is -2.24. The Balaban J connectivity index is 1.76. The number of hydrogen-bond acceptors (Lipinski definition) is 7. The van der Waals surface area contributed by atoms with Crippen molar-refractivity contribution >= 4 is 39.6 Å². The minimum atomic E-state index is -3.36. The number of nitrogens with zero attached hydrogens (tertiary/aromatic N) is 2. The molecule has 2 aromatic rings. The Kier molecular flexibility index (Phi) is 5.50. The number of benzene rings is 1. The van der Waals surface area contributed by atoms with E-state index in [1.807, 2.05) is 0 Å². The number of anilines is 1. The number of ether oxygens (including phenoxy) is 1. The maximum absolute atomic E-state index is 15.1. The molecule has 0 radical (unpaired) electrons. The second-order valence-electron chi connectivity index (χ2n) is 8.50. The van der Waals surface area contributed by atoms with Crippen LogP contribution in [0, 0.1) is 12.7 Å². The van der Waals surface area contributed by atoms with Crippen LogP contribution in [-0.4, -0.2) is 49.0 Å². The van der Waals surface area contributed by atoms with Gasteiger partial charge in [0.05, 0.1) is 18.2 Å². The zero-order chi connectivity index (χ0) is 23.5. The summed E-state index contributed by atoms with van der Waals surface area (Å²) in [6, 6.07) is 5.63. The van der Waals surface area contributed by atoms with Crippen LogP contribution in [0.25, 0.3) is 0 Å². The van der Waals surface area contributed by atoms with Crippen LogP contribution in [-0.2, 0) is 10.3 Å². The second kappa shape index (κ2) is 7.67. The summed E-state index contributed by atoms with van der Waals surface area (Å²) in [6.07, 6.45) is 1.37. The maximum atomic E-state index is 15.1. The summed E-state index contributed by atoms with van der Waals surface area (Å²) in [5.41, 5.74) is 5.82. The van der Waals surface area contributed by atoms with E-state index in [0.29, 0.717) is 10.6 Å².